The topological polar surface area (TPSA) is 128 Å². The molecule has 2 amide bonds. The maximum atomic E-state index is 13.5. The Bertz CT molecular complexity index is 1450. The molecule has 3 aliphatic rings. The first-order chi connectivity index (χ1) is 19.1. The lowest BCUT2D eigenvalue weighted by Gasteiger charge is -2.25. The first-order valence-electron chi connectivity index (χ1n) is 12.9. The van der Waals surface area contributed by atoms with E-state index >= 15 is 0 Å². The molecule has 3 atom stereocenters. The number of nitrogens with zero attached hydrogens (tertiary/aromatic N) is 5. The van der Waals surface area contributed by atoms with Crippen LogP contribution in [0, 0.1) is 11.8 Å². The number of aryl methyl sites for hydroxylation is 2. The number of aromatic nitrogens is 5. The van der Waals surface area contributed by atoms with Crippen molar-refractivity contribution in [2.75, 3.05) is 17.2 Å². The molecule has 0 aromatic carbocycles. The minimum Gasteiger partial charge on any atom is -0.386 e. The number of rotatable bonds is 9. The summed E-state index contributed by atoms with van der Waals surface area (Å²) < 4.78 is 58.2. The highest BCUT2D eigenvalue weighted by Crippen LogP contribution is 2.43. The molecule has 6 rings (SSSR count). The molecule has 2 saturated carbocycles. The molecule has 3 heterocycles. The molecule has 2 fully saturated rings. The third kappa shape index (κ3) is 5.62. The smallest absolute Gasteiger partial charge is 0.386 e. The van der Waals surface area contributed by atoms with Crippen LogP contribution in [0.3, 0.4) is 0 Å². The third-order valence-electron chi connectivity index (χ3n) is 7.28. The quantitative estimate of drug-likeness (QED) is 0.327. The van der Waals surface area contributed by atoms with Gasteiger partial charge in [0.25, 0.3) is 5.91 Å². The summed E-state index contributed by atoms with van der Waals surface area (Å²) in [6.07, 6.45) is -0.479. The molecule has 214 valence electrons. The van der Waals surface area contributed by atoms with E-state index in [2.05, 4.69) is 36.0 Å². The van der Waals surface area contributed by atoms with Crippen LogP contribution in [-0.2, 0) is 24.7 Å². The number of amides is 2. The number of halogens is 4. The number of hydrogen-bond donors (Lipinski definition) is 3. The average Bonchev–Trinajstić information content (AvgIpc) is 3.73. The predicted octanol–water partition coefficient (Wildman–Crippen LogP) is 3.88. The summed E-state index contributed by atoms with van der Waals surface area (Å²) in [5, 5.41) is 20.9. The molecule has 0 unspecified atom stereocenters. The molecule has 3 N–H and O–H groups in total. The number of carbonyl (C=O) groups is 2. The van der Waals surface area contributed by atoms with Crippen molar-refractivity contribution in [2.45, 2.75) is 57.1 Å². The van der Waals surface area contributed by atoms with Crippen molar-refractivity contribution < 1.29 is 31.9 Å². The van der Waals surface area contributed by atoms with Crippen LogP contribution >= 0.6 is 11.3 Å². The van der Waals surface area contributed by atoms with Crippen LogP contribution in [0.25, 0.3) is 0 Å². The molecule has 3 aromatic rings. The molecule has 16 heteroatoms. The van der Waals surface area contributed by atoms with E-state index in [-0.39, 0.29) is 30.1 Å². The lowest BCUT2D eigenvalue weighted by Crippen LogP contribution is -2.29. The van der Waals surface area contributed by atoms with Crippen molar-refractivity contribution in [3.8, 4) is 5.88 Å². The third-order valence-corrected chi connectivity index (χ3v) is 8.49. The predicted molar refractivity (Wildman–Crippen MR) is 135 cm³/mol. The molecule has 3 aromatic heterocycles. The summed E-state index contributed by atoms with van der Waals surface area (Å²) >= 11 is 1.34. The Balaban J connectivity index is 1.24. The molecule has 0 spiro atoms. The molecular formula is C24H26F4N8O3S. The van der Waals surface area contributed by atoms with Crippen LogP contribution in [0.5, 0.6) is 5.88 Å². The van der Waals surface area contributed by atoms with Gasteiger partial charge in [-0.3, -0.25) is 14.2 Å². The highest BCUT2D eigenvalue weighted by Gasteiger charge is 2.44. The fourth-order valence-corrected chi connectivity index (χ4v) is 6.10. The Hall–Kier alpha value is -3.69. The van der Waals surface area contributed by atoms with Crippen molar-refractivity contribution in [1.29, 1.82) is 0 Å². The highest BCUT2D eigenvalue weighted by atomic mass is 32.1. The molecule has 40 heavy (non-hydrogen) atoms. The molecule has 0 aliphatic heterocycles. The number of alkyl halides is 4. The van der Waals surface area contributed by atoms with Crippen LogP contribution in [0.4, 0.5) is 34.3 Å². The van der Waals surface area contributed by atoms with Crippen molar-refractivity contribution in [3.05, 3.63) is 28.4 Å². The fraction of sp³-hybridized carbons (Fsp3) is 0.542. The van der Waals surface area contributed by atoms with Gasteiger partial charge in [0.15, 0.2) is 0 Å². The van der Waals surface area contributed by atoms with E-state index < -0.39 is 30.2 Å². The number of anilines is 3. The second-order valence-corrected chi connectivity index (χ2v) is 11.4. The number of ether oxygens (including phenoxy) is 1. The lowest BCUT2D eigenvalue weighted by molar-refractivity contribution is -0.276. The maximum Gasteiger partial charge on any atom is 0.574 e. The second kappa shape index (κ2) is 10.1. The van der Waals surface area contributed by atoms with Gasteiger partial charge in [-0.05, 0) is 50.0 Å². The van der Waals surface area contributed by atoms with Gasteiger partial charge in [-0.25, -0.2) is 9.07 Å². The van der Waals surface area contributed by atoms with Crippen molar-refractivity contribution in [3.63, 3.8) is 0 Å². The minimum absolute atomic E-state index is 0.184. The molecule has 0 bridgehead atoms. The van der Waals surface area contributed by atoms with Gasteiger partial charge in [0, 0.05) is 30.6 Å². The van der Waals surface area contributed by atoms with E-state index in [4.69, 9.17) is 0 Å². The van der Waals surface area contributed by atoms with Gasteiger partial charge < -0.3 is 20.7 Å². The van der Waals surface area contributed by atoms with Crippen LogP contribution in [-0.4, -0.2) is 55.4 Å². The monoisotopic (exact) mass is 582 g/mol. The van der Waals surface area contributed by atoms with E-state index in [1.54, 1.807) is 4.57 Å². The first-order valence-corrected chi connectivity index (χ1v) is 13.7. The molecule has 3 aliphatic carbocycles. The zero-order valence-corrected chi connectivity index (χ0v) is 22.1. The number of fused-ring (bicyclic) bond motifs is 1. The van der Waals surface area contributed by atoms with Gasteiger partial charge >= 0.3 is 6.36 Å². The fourth-order valence-electron chi connectivity index (χ4n) is 4.86. The number of hydrogen-bond acceptors (Lipinski definition) is 8. The van der Waals surface area contributed by atoms with Crippen molar-refractivity contribution in [2.24, 2.45) is 18.9 Å². The van der Waals surface area contributed by atoms with E-state index in [9.17, 15) is 27.2 Å². The van der Waals surface area contributed by atoms with E-state index in [1.807, 2.05) is 0 Å². The van der Waals surface area contributed by atoms with E-state index in [0.29, 0.717) is 42.3 Å². The summed E-state index contributed by atoms with van der Waals surface area (Å²) in [6, 6.07) is 0.916. The van der Waals surface area contributed by atoms with Crippen LogP contribution in [0.1, 0.15) is 52.5 Å². The Morgan fingerprint density at radius 2 is 2.02 bits per heavy atom. The van der Waals surface area contributed by atoms with Gasteiger partial charge in [0.2, 0.25) is 17.7 Å². The van der Waals surface area contributed by atoms with E-state index in [1.165, 1.54) is 29.4 Å². The standard InChI is InChI=1S/C24H26F4N8O3S/c1-35-17(8-18(34-35)39-24(26,27)28)31-23-33-30-10-36(23)12-4-5-16-14(6-12)19(21(38)29-9-11-2-3-11)22(40-16)32-20(37)13-7-15(13)25/h8,10-13,15H,2-7,9H2,1H3,(H,29,38)(H,31,33)(H,32,37)/t12-,13-,15+/m0/s1. The number of carbonyl (C=O) groups excluding carboxylic acids is 2. The van der Waals surface area contributed by atoms with Gasteiger partial charge in [-0.15, -0.1) is 39.8 Å². The van der Waals surface area contributed by atoms with Crippen LogP contribution in [0.15, 0.2) is 12.4 Å². The van der Waals surface area contributed by atoms with Crippen LogP contribution in [0.2, 0.25) is 0 Å². The zero-order chi connectivity index (χ0) is 28.2. The summed E-state index contributed by atoms with van der Waals surface area (Å²) in [6.45, 7) is 0.555. The van der Waals surface area contributed by atoms with Gasteiger partial charge in [0.1, 0.15) is 23.3 Å². The summed E-state index contributed by atoms with van der Waals surface area (Å²) in [5.41, 5.74) is 1.21. The van der Waals surface area contributed by atoms with Crippen molar-refractivity contribution in [1.82, 2.24) is 29.9 Å². The zero-order valence-electron chi connectivity index (χ0n) is 21.3. The van der Waals surface area contributed by atoms with Crippen LogP contribution < -0.4 is 20.7 Å². The molecule has 0 saturated heterocycles. The van der Waals surface area contributed by atoms with E-state index in [0.717, 1.165) is 29.3 Å². The maximum absolute atomic E-state index is 13.5. The molecule has 11 nitrogen and oxygen atoms in total. The van der Waals surface area contributed by atoms with Gasteiger partial charge in [0.05, 0.1) is 11.5 Å². The number of thiophene rings is 1. The number of nitrogens with one attached hydrogen (secondary N) is 3. The Labute approximate surface area is 229 Å². The van der Waals surface area contributed by atoms with Gasteiger partial charge in [-0.1, -0.05) is 0 Å². The Morgan fingerprint density at radius 3 is 2.73 bits per heavy atom. The largest absolute Gasteiger partial charge is 0.574 e. The summed E-state index contributed by atoms with van der Waals surface area (Å²) in [7, 11) is 1.46. The summed E-state index contributed by atoms with van der Waals surface area (Å²) in [5.74, 6) is -1.06. The normalized spacial score (nSPS) is 22.0. The lowest BCUT2D eigenvalue weighted by atomic mass is 9.91. The van der Waals surface area contributed by atoms with Crippen molar-refractivity contribution >= 4 is 39.9 Å². The Kier molecular flexibility index (Phi) is 6.67. The highest BCUT2D eigenvalue weighted by molar-refractivity contribution is 7.17. The second-order valence-electron chi connectivity index (χ2n) is 10.3. The molecular weight excluding hydrogens is 556 g/mol. The molecule has 0 radical (unpaired) electrons. The van der Waals surface area contributed by atoms with Gasteiger partial charge in [-0.2, -0.15) is 0 Å². The average molecular weight is 583 g/mol. The minimum atomic E-state index is -4.88. The Morgan fingerprint density at radius 1 is 1.25 bits per heavy atom. The SMILES string of the molecule is Cn1nc(OC(F)(F)F)cc1Nc1nncn1[C@H]1CCc2sc(NC(=O)[C@H]3C[C@H]3F)c(C(=O)NCC3CC3)c2C1. The summed E-state index contributed by atoms with van der Waals surface area (Å²) in [4.78, 5) is 26.8. The first kappa shape index (κ1) is 26.5.